The number of aryl methyl sites for hydroxylation is 2. The highest BCUT2D eigenvalue weighted by atomic mass is 79.9. The fourth-order valence-electron chi connectivity index (χ4n) is 2.19. The molecule has 0 fully saturated rings. The first-order chi connectivity index (χ1) is 11.2. The van der Waals surface area contributed by atoms with E-state index in [1.165, 1.54) is 7.05 Å². The van der Waals surface area contributed by atoms with Crippen LogP contribution in [0.2, 0.25) is 0 Å². The van der Waals surface area contributed by atoms with Gasteiger partial charge in [-0.05, 0) is 59.1 Å². The van der Waals surface area contributed by atoms with Crippen molar-refractivity contribution in [2.24, 2.45) is 0 Å². The largest absolute Gasteiger partial charge is 0.324 e. The van der Waals surface area contributed by atoms with E-state index < -0.39 is 15.9 Å². The van der Waals surface area contributed by atoms with Crippen LogP contribution in [0.15, 0.2) is 51.8 Å². The molecule has 5 nitrogen and oxygen atoms in total. The average molecular weight is 411 g/mol. The fraction of sp³-hybridized carbons (Fsp3) is 0.235. The highest BCUT2D eigenvalue weighted by Gasteiger charge is 2.24. The number of halogens is 1. The van der Waals surface area contributed by atoms with Gasteiger partial charge in [-0.15, -0.1) is 0 Å². The predicted octanol–water partition coefficient (Wildman–Crippen LogP) is 3.33. The van der Waals surface area contributed by atoms with Crippen LogP contribution in [0.1, 0.15) is 11.1 Å². The van der Waals surface area contributed by atoms with Crippen molar-refractivity contribution in [1.29, 1.82) is 0 Å². The molecule has 2 aromatic carbocycles. The first-order valence-corrected chi connectivity index (χ1v) is 9.53. The first kappa shape index (κ1) is 18.6. The number of carbonyl (C=O) groups is 1. The second-order valence-corrected chi connectivity index (χ2v) is 8.43. The number of nitrogens with one attached hydrogen (secondary N) is 1. The second-order valence-electron chi connectivity index (χ2n) is 5.56. The van der Waals surface area contributed by atoms with E-state index >= 15 is 0 Å². The van der Waals surface area contributed by atoms with Gasteiger partial charge in [-0.3, -0.25) is 4.79 Å². The van der Waals surface area contributed by atoms with Gasteiger partial charge in [0.15, 0.2) is 0 Å². The SMILES string of the molecule is Cc1ccc(C)c(S(=O)(=O)N(C)CC(=O)Nc2ccccc2Br)c1. The number of para-hydroxylation sites is 1. The lowest BCUT2D eigenvalue weighted by Crippen LogP contribution is -2.35. The molecule has 1 amide bonds. The van der Waals surface area contributed by atoms with Crippen LogP contribution in [-0.2, 0) is 14.8 Å². The summed E-state index contributed by atoms with van der Waals surface area (Å²) < 4.78 is 27.2. The van der Waals surface area contributed by atoms with Gasteiger partial charge in [0, 0.05) is 11.5 Å². The van der Waals surface area contributed by atoms with Crippen molar-refractivity contribution < 1.29 is 13.2 Å². The Morgan fingerprint density at radius 1 is 1.17 bits per heavy atom. The number of carbonyl (C=O) groups excluding carboxylic acids is 1. The molecule has 0 saturated carbocycles. The van der Waals surface area contributed by atoms with Crippen LogP contribution in [0.5, 0.6) is 0 Å². The zero-order chi connectivity index (χ0) is 17.9. The lowest BCUT2D eigenvalue weighted by atomic mass is 10.2. The number of likely N-dealkylation sites (N-methyl/N-ethyl adjacent to an activating group) is 1. The van der Waals surface area contributed by atoms with Crippen molar-refractivity contribution in [3.63, 3.8) is 0 Å². The zero-order valence-electron chi connectivity index (χ0n) is 13.7. The minimum Gasteiger partial charge on any atom is -0.324 e. The molecule has 0 aliphatic carbocycles. The van der Waals surface area contributed by atoms with E-state index in [0.717, 1.165) is 14.3 Å². The molecular weight excluding hydrogens is 392 g/mol. The Morgan fingerprint density at radius 2 is 1.83 bits per heavy atom. The van der Waals surface area contributed by atoms with E-state index in [1.807, 2.05) is 19.1 Å². The lowest BCUT2D eigenvalue weighted by Gasteiger charge is -2.18. The second kappa shape index (κ2) is 7.46. The minimum absolute atomic E-state index is 0.221. The molecule has 128 valence electrons. The monoisotopic (exact) mass is 410 g/mol. The predicted molar refractivity (Wildman–Crippen MR) is 98.5 cm³/mol. The van der Waals surface area contributed by atoms with Crippen LogP contribution in [0.3, 0.4) is 0 Å². The number of anilines is 1. The van der Waals surface area contributed by atoms with Crippen LogP contribution >= 0.6 is 15.9 Å². The van der Waals surface area contributed by atoms with Crippen LogP contribution < -0.4 is 5.32 Å². The molecule has 0 radical (unpaired) electrons. The maximum absolute atomic E-state index is 12.7. The maximum Gasteiger partial charge on any atom is 0.243 e. The Bertz CT molecular complexity index is 866. The summed E-state index contributed by atoms with van der Waals surface area (Å²) in [6, 6.07) is 12.4. The van der Waals surface area contributed by atoms with Gasteiger partial charge in [0.1, 0.15) is 0 Å². The average Bonchev–Trinajstić information content (AvgIpc) is 2.51. The number of amides is 1. The molecule has 0 atom stereocenters. The molecule has 0 bridgehead atoms. The summed E-state index contributed by atoms with van der Waals surface area (Å²) >= 11 is 3.34. The van der Waals surface area contributed by atoms with Crippen molar-refractivity contribution in [1.82, 2.24) is 4.31 Å². The number of benzene rings is 2. The van der Waals surface area contributed by atoms with Gasteiger partial charge in [0.05, 0.1) is 17.1 Å². The summed E-state index contributed by atoms with van der Waals surface area (Å²) in [6.45, 7) is 3.30. The van der Waals surface area contributed by atoms with Gasteiger partial charge in [-0.25, -0.2) is 8.42 Å². The van der Waals surface area contributed by atoms with Crippen LogP contribution in [0.25, 0.3) is 0 Å². The van der Waals surface area contributed by atoms with Crippen molar-refractivity contribution in [3.8, 4) is 0 Å². The van der Waals surface area contributed by atoms with Crippen molar-refractivity contribution in [2.75, 3.05) is 18.9 Å². The number of nitrogens with zero attached hydrogens (tertiary/aromatic N) is 1. The molecule has 24 heavy (non-hydrogen) atoms. The summed E-state index contributed by atoms with van der Waals surface area (Å²) in [5, 5.41) is 2.70. The summed E-state index contributed by atoms with van der Waals surface area (Å²) in [5.74, 6) is -0.404. The molecule has 0 unspecified atom stereocenters. The molecular formula is C17H19BrN2O3S. The molecule has 0 aromatic heterocycles. The maximum atomic E-state index is 12.7. The Kier molecular flexibility index (Phi) is 5.79. The fourth-order valence-corrected chi connectivity index (χ4v) is 4.01. The first-order valence-electron chi connectivity index (χ1n) is 7.30. The standard InChI is InChI=1S/C17H19BrN2O3S/c1-12-8-9-13(2)16(10-12)24(22,23)20(3)11-17(21)19-15-7-5-4-6-14(15)18/h4-10H,11H2,1-3H3,(H,19,21). The van der Waals surface area contributed by atoms with Gasteiger partial charge in [-0.2, -0.15) is 4.31 Å². The van der Waals surface area contributed by atoms with Crippen molar-refractivity contribution in [3.05, 3.63) is 58.1 Å². The molecule has 0 heterocycles. The Hall–Kier alpha value is -1.70. The van der Waals surface area contributed by atoms with Gasteiger partial charge in [0.2, 0.25) is 15.9 Å². The molecule has 0 saturated heterocycles. The highest BCUT2D eigenvalue weighted by Crippen LogP contribution is 2.22. The Balaban J connectivity index is 2.16. The summed E-state index contributed by atoms with van der Waals surface area (Å²) in [7, 11) is -2.33. The smallest absolute Gasteiger partial charge is 0.243 e. The molecule has 0 aliphatic rings. The number of rotatable bonds is 5. The van der Waals surface area contributed by atoms with Gasteiger partial charge >= 0.3 is 0 Å². The highest BCUT2D eigenvalue weighted by molar-refractivity contribution is 9.10. The van der Waals surface area contributed by atoms with Gasteiger partial charge in [-0.1, -0.05) is 24.3 Å². The van der Waals surface area contributed by atoms with E-state index in [9.17, 15) is 13.2 Å². The molecule has 0 spiro atoms. The molecule has 0 aliphatic heterocycles. The van der Waals surface area contributed by atoms with Crippen LogP contribution in [0, 0.1) is 13.8 Å². The summed E-state index contributed by atoms with van der Waals surface area (Å²) in [5.41, 5.74) is 2.10. The normalized spacial score (nSPS) is 11.5. The van der Waals surface area contributed by atoms with Gasteiger partial charge in [0.25, 0.3) is 0 Å². The van der Waals surface area contributed by atoms with E-state index in [0.29, 0.717) is 11.3 Å². The Morgan fingerprint density at radius 3 is 2.50 bits per heavy atom. The molecule has 2 aromatic rings. The number of hydrogen-bond donors (Lipinski definition) is 1. The van der Waals surface area contributed by atoms with Crippen LogP contribution in [-0.4, -0.2) is 32.2 Å². The third-order valence-corrected chi connectivity index (χ3v) is 6.18. The van der Waals surface area contributed by atoms with Gasteiger partial charge < -0.3 is 5.32 Å². The van der Waals surface area contributed by atoms with E-state index in [4.69, 9.17) is 0 Å². The zero-order valence-corrected chi connectivity index (χ0v) is 16.1. The third-order valence-electron chi connectivity index (χ3n) is 3.55. The van der Waals surface area contributed by atoms with Crippen molar-refractivity contribution in [2.45, 2.75) is 18.7 Å². The summed E-state index contributed by atoms with van der Waals surface area (Å²) in [4.78, 5) is 12.4. The number of sulfonamides is 1. The van der Waals surface area contributed by atoms with E-state index in [-0.39, 0.29) is 11.4 Å². The Labute approximate surface area is 150 Å². The third kappa shape index (κ3) is 4.23. The summed E-state index contributed by atoms with van der Waals surface area (Å²) in [6.07, 6.45) is 0. The lowest BCUT2D eigenvalue weighted by molar-refractivity contribution is -0.116. The molecule has 1 N–H and O–H groups in total. The van der Waals surface area contributed by atoms with Crippen molar-refractivity contribution >= 4 is 37.5 Å². The van der Waals surface area contributed by atoms with E-state index in [1.54, 1.807) is 37.3 Å². The van der Waals surface area contributed by atoms with E-state index in [2.05, 4.69) is 21.2 Å². The topological polar surface area (TPSA) is 66.5 Å². The quantitative estimate of drug-likeness (QED) is 0.821. The minimum atomic E-state index is -3.73. The number of hydrogen-bond acceptors (Lipinski definition) is 3. The van der Waals surface area contributed by atoms with Crippen LogP contribution in [0.4, 0.5) is 5.69 Å². The molecule has 2 rings (SSSR count). The molecule has 7 heteroatoms.